The van der Waals surface area contributed by atoms with E-state index in [4.69, 9.17) is 17.3 Å². The van der Waals surface area contributed by atoms with Crippen molar-refractivity contribution < 1.29 is 0 Å². The molecule has 0 unspecified atom stereocenters. The summed E-state index contributed by atoms with van der Waals surface area (Å²) in [7, 11) is 0. The van der Waals surface area contributed by atoms with Crippen molar-refractivity contribution in [3.8, 4) is 0 Å². The van der Waals surface area contributed by atoms with E-state index in [2.05, 4.69) is 36.4 Å². The highest BCUT2D eigenvalue weighted by Crippen LogP contribution is 2.40. The van der Waals surface area contributed by atoms with Crippen LogP contribution in [0.2, 0.25) is 0 Å². The van der Waals surface area contributed by atoms with Crippen molar-refractivity contribution in [2.75, 3.05) is 5.01 Å². The second-order valence-electron chi connectivity index (χ2n) is 5.72. The Morgan fingerprint density at radius 3 is 2.00 bits per heavy atom. The summed E-state index contributed by atoms with van der Waals surface area (Å²) in [5.41, 5.74) is 4.22. The first kappa shape index (κ1) is 16.8. The SMILES string of the molecule is S=CC(=C1SC(c2ccccc2)=NN1c1ccccc1)c1ccccc1. The second-order valence-corrected chi connectivity index (χ2v) is 6.94. The smallest absolute Gasteiger partial charge is 0.131 e. The van der Waals surface area contributed by atoms with E-state index in [9.17, 15) is 0 Å². The van der Waals surface area contributed by atoms with Crippen molar-refractivity contribution in [1.82, 2.24) is 0 Å². The Balaban J connectivity index is 1.85. The van der Waals surface area contributed by atoms with Gasteiger partial charge in [-0.3, -0.25) is 0 Å². The molecule has 0 saturated carbocycles. The summed E-state index contributed by atoms with van der Waals surface area (Å²) in [6, 6.07) is 30.6. The van der Waals surface area contributed by atoms with E-state index < -0.39 is 0 Å². The number of nitrogens with zero attached hydrogens (tertiary/aromatic N) is 2. The molecule has 3 aromatic rings. The average Bonchev–Trinajstić information content (AvgIpc) is 3.16. The lowest BCUT2D eigenvalue weighted by Gasteiger charge is -2.18. The first-order valence-electron chi connectivity index (χ1n) is 8.29. The number of hydrogen-bond acceptors (Lipinski definition) is 4. The first-order valence-corrected chi connectivity index (χ1v) is 9.57. The van der Waals surface area contributed by atoms with Gasteiger partial charge in [0.05, 0.1) is 5.69 Å². The van der Waals surface area contributed by atoms with Crippen molar-refractivity contribution in [3.05, 3.63) is 107 Å². The van der Waals surface area contributed by atoms with Crippen molar-refractivity contribution in [1.29, 1.82) is 0 Å². The third-order valence-electron chi connectivity index (χ3n) is 4.03. The highest BCUT2D eigenvalue weighted by atomic mass is 32.2. The average molecular weight is 373 g/mol. The zero-order valence-electron chi connectivity index (χ0n) is 13.9. The van der Waals surface area contributed by atoms with Crippen molar-refractivity contribution in [2.24, 2.45) is 5.10 Å². The van der Waals surface area contributed by atoms with Crippen LogP contribution in [0, 0.1) is 0 Å². The van der Waals surface area contributed by atoms with E-state index in [-0.39, 0.29) is 0 Å². The maximum Gasteiger partial charge on any atom is 0.131 e. The van der Waals surface area contributed by atoms with E-state index in [1.165, 1.54) is 0 Å². The van der Waals surface area contributed by atoms with Gasteiger partial charge in [-0.1, -0.05) is 91.1 Å². The molecule has 0 atom stereocenters. The van der Waals surface area contributed by atoms with E-state index in [0.717, 1.165) is 32.5 Å². The molecular formula is C22H16N2S2. The molecule has 0 fully saturated rings. The van der Waals surface area contributed by atoms with Crippen LogP contribution in [0.5, 0.6) is 0 Å². The van der Waals surface area contributed by atoms with Gasteiger partial charge >= 0.3 is 0 Å². The van der Waals surface area contributed by atoms with Crippen LogP contribution in [-0.2, 0) is 0 Å². The fourth-order valence-corrected chi connectivity index (χ4v) is 4.16. The molecular weight excluding hydrogens is 356 g/mol. The zero-order valence-corrected chi connectivity index (χ0v) is 15.6. The van der Waals surface area contributed by atoms with Gasteiger partial charge in [0.2, 0.25) is 0 Å². The lowest BCUT2D eigenvalue weighted by molar-refractivity contribution is 1.08. The van der Waals surface area contributed by atoms with Crippen LogP contribution < -0.4 is 5.01 Å². The number of allylic oxidation sites excluding steroid dienone is 1. The molecule has 3 aromatic carbocycles. The van der Waals surface area contributed by atoms with Gasteiger partial charge in [0.1, 0.15) is 10.1 Å². The van der Waals surface area contributed by atoms with Gasteiger partial charge in [-0.2, -0.15) is 5.10 Å². The molecule has 126 valence electrons. The van der Waals surface area contributed by atoms with E-state index in [0.29, 0.717) is 0 Å². The predicted octanol–water partition coefficient (Wildman–Crippen LogP) is 5.97. The molecule has 4 heteroatoms. The van der Waals surface area contributed by atoms with Crippen molar-refractivity contribution in [2.45, 2.75) is 0 Å². The largest absolute Gasteiger partial charge is 0.225 e. The third-order valence-corrected chi connectivity index (χ3v) is 5.36. The first-order chi connectivity index (χ1) is 12.9. The van der Waals surface area contributed by atoms with Crippen molar-refractivity contribution >= 4 is 45.7 Å². The fourth-order valence-electron chi connectivity index (χ4n) is 2.76. The Hall–Kier alpha value is -2.69. The number of anilines is 1. The van der Waals surface area contributed by atoms with E-state index in [1.807, 2.05) is 59.6 Å². The highest BCUT2D eigenvalue weighted by Gasteiger charge is 2.27. The minimum atomic E-state index is 0.967. The van der Waals surface area contributed by atoms with Gasteiger partial charge < -0.3 is 0 Å². The molecule has 0 bridgehead atoms. The van der Waals surface area contributed by atoms with Crippen LogP contribution in [0.15, 0.2) is 101 Å². The molecule has 4 rings (SSSR count). The molecule has 0 amide bonds. The Labute approximate surface area is 162 Å². The van der Waals surface area contributed by atoms with Crippen LogP contribution in [0.3, 0.4) is 0 Å². The number of hydrogen-bond donors (Lipinski definition) is 0. The summed E-state index contributed by atoms with van der Waals surface area (Å²) in [6.45, 7) is 0. The predicted molar refractivity (Wildman–Crippen MR) is 117 cm³/mol. The number of benzene rings is 3. The molecule has 2 nitrogen and oxygen atoms in total. The summed E-state index contributed by atoms with van der Waals surface area (Å²) in [5, 5.41) is 10.6. The molecule has 0 aliphatic carbocycles. The quantitative estimate of drug-likeness (QED) is 0.414. The summed E-state index contributed by atoms with van der Waals surface area (Å²) in [5.74, 6) is 0. The molecule has 1 aliphatic rings. The maximum absolute atomic E-state index is 5.38. The van der Waals surface area contributed by atoms with Gasteiger partial charge in [0, 0.05) is 16.5 Å². The summed E-state index contributed by atoms with van der Waals surface area (Å²) in [6.07, 6.45) is 0. The molecule has 0 radical (unpaired) electrons. The minimum Gasteiger partial charge on any atom is -0.225 e. The van der Waals surface area contributed by atoms with Gasteiger partial charge in [-0.05, 0) is 29.5 Å². The Morgan fingerprint density at radius 2 is 1.38 bits per heavy atom. The third kappa shape index (κ3) is 3.34. The standard InChI is InChI=1S/C22H16N2S2/c25-16-20(17-10-4-1-5-11-17)22-24(19-14-8-3-9-15-19)23-21(26-22)18-12-6-2-7-13-18/h1-16H. The number of thioether (sulfide) groups is 1. The summed E-state index contributed by atoms with van der Waals surface area (Å²) in [4.78, 5) is 0. The second kappa shape index (κ2) is 7.68. The lowest BCUT2D eigenvalue weighted by atomic mass is 10.1. The van der Waals surface area contributed by atoms with Crippen LogP contribution in [0.25, 0.3) is 5.57 Å². The molecule has 1 aliphatic heterocycles. The zero-order chi connectivity index (χ0) is 17.8. The van der Waals surface area contributed by atoms with Crippen molar-refractivity contribution in [3.63, 3.8) is 0 Å². The van der Waals surface area contributed by atoms with Gasteiger partial charge in [-0.25, -0.2) is 5.01 Å². The van der Waals surface area contributed by atoms with Crippen LogP contribution >= 0.6 is 24.0 Å². The van der Waals surface area contributed by atoms with E-state index in [1.54, 1.807) is 17.1 Å². The Kier molecular flexibility index (Phi) is 4.95. The fraction of sp³-hybridized carbons (Fsp3) is 0. The van der Waals surface area contributed by atoms with E-state index >= 15 is 0 Å². The molecule has 1 heterocycles. The topological polar surface area (TPSA) is 15.6 Å². The number of rotatable bonds is 4. The number of para-hydroxylation sites is 1. The molecule has 0 spiro atoms. The normalized spacial score (nSPS) is 15.5. The van der Waals surface area contributed by atoms with Crippen LogP contribution in [0.1, 0.15) is 11.1 Å². The molecule has 0 saturated heterocycles. The highest BCUT2D eigenvalue weighted by molar-refractivity contribution is 8.18. The Morgan fingerprint density at radius 1 is 0.808 bits per heavy atom. The van der Waals surface area contributed by atoms with Gasteiger partial charge in [0.15, 0.2) is 0 Å². The summed E-state index contributed by atoms with van der Waals surface area (Å²) < 4.78 is 0. The molecule has 0 aromatic heterocycles. The Bertz CT molecular complexity index is 965. The maximum atomic E-state index is 5.38. The monoisotopic (exact) mass is 372 g/mol. The van der Waals surface area contributed by atoms with Crippen LogP contribution in [-0.4, -0.2) is 10.4 Å². The summed E-state index contributed by atoms with van der Waals surface area (Å²) >= 11 is 7.03. The lowest BCUT2D eigenvalue weighted by Crippen LogP contribution is -2.11. The molecule has 0 N–H and O–H groups in total. The van der Waals surface area contributed by atoms with Gasteiger partial charge in [-0.15, -0.1) is 0 Å². The number of hydrazone groups is 1. The number of thiocarbonyl (C=S) groups is 1. The minimum absolute atomic E-state index is 0.967. The van der Waals surface area contributed by atoms with Crippen LogP contribution in [0.4, 0.5) is 5.69 Å². The van der Waals surface area contributed by atoms with Gasteiger partial charge in [0.25, 0.3) is 0 Å². The molecule has 26 heavy (non-hydrogen) atoms.